The fraction of sp³-hybridized carbons (Fsp3) is 0.217. The number of nitrogens with one attached hydrogen (secondary N) is 2. The molecule has 0 fully saturated rings. The fourth-order valence-corrected chi connectivity index (χ4v) is 2.94. The molecular weight excluding hydrogens is 398 g/mol. The SMILES string of the molecule is COC(=O)[C@@H](Cc1ccc2ccccc2n1)NC(=O)CNC(=O)OCc1ccccc1. The summed E-state index contributed by atoms with van der Waals surface area (Å²) in [6, 6.07) is 19.5. The Balaban J connectivity index is 1.52. The van der Waals surface area contributed by atoms with Crippen LogP contribution in [0.1, 0.15) is 11.3 Å². The van der Waals surface area contributed by atoms with E-state index in [4.69, 9.17) is 9.47 Å². The highest BCUT2D eigenvalue weighted by atomic mass is 16.5. The Morgan fingerprint density at radius 3 is 2.48 bits per heavy atom. The molecule has 1 aromatic heterocycles. The first-order valence-electron chi connectivity index (χ1n) is 9.71. The minimum absolute atomic E-state index is 0.0900. The zero-order chi connectivity index (χ0) is 22.1. The topological polar surface area (TPSA) is 107 Å². The van der Waals surface area contributed by atoms with Crippen LogP contribution in [0.4, 0.5) is 4.79 Å². The molecule has 0 saturated carbocycles. The number of fused-ring (bicyclic) bond motifs is 1. The number of hydrogen-bond donors (Lipinski definition) is 2. The minimum atomic E-state index is -0.937. The van der Waals surface area contributed by atoms with Crippen molar-refractivity contribution in [3.05, 3.63) is 78.0 Å². The smallest absolute Gasteiger partial charge is 0.407 e. The number of benzene rings is 2. The van der Waals surface area contributed by atoms with Crippen LogP contribution in [0, 0.1) is 0 Å². The summed E-state index contributed by atoms with van der Waals surface area (Å²) in [5, 5.41) is 5.91. The maximum Gasteiger partial charge on any atom is 0.407 e. The van der Waals surface area contributed by atoms with Crippen LogP contribution in [0.15, 0.2) is 66.7 Å². The number of ether oxygens (including phenoxy) is 2. The van der Waals surface area contributed by atoms with Crippen molar-refractivity contribution >= 4 is 28.9 Å². The van der Waals surface area contributed by atoms with Crippen molar-refractivity contribution in [1.29, 1.82) is 0 Å². The molecular formula is C23H23N3O5. The van der Waals surface area contributed by atoms with Crippen LogP contribution in [-0.2, 0) is 32.1 Å². The molecule has 0 radical (unpaired) electrons. The molecule has 0 unspecified atom stereocenters. The van der Waals surface area contributed by atoms with Crippen LogP contribution in [-0.4, -0.2) is 42.7 Å². The molecule has 2 N–H and O–H groups in total. The summed E-state index contributed by atoms with van der Waals surface area (Å²) >= 11 is 0. The zero-order valence-electron chi connectivity index (χ0n) is 17.0. The fourth-order valence-electron chi connectivity index (χ4n) is 2.94. The lowest BCUT2D eigenvalue weighted by Crippen LogP contribution is -2.47. The highest BCUT2D eigenvalue weighted by molar-refractivity contribution is 5.87. The number of carbonyl (C=O) groups is 3. The Morgan fingerprint density at radius 1 is 0.968 bits per heavy atom. The lowest BCUT2D eigenvalue weighted by molar-refractivity contribution is -0.144. The molecule has 1 heterocycles. The number of hydrogen-bond acceptors (Lipinski definition) is 6. The van der Waals surface area contributed by atoms with Gasteiger partial charge in [0.1, 0.15) is 19.2 Å². The lowest BCUT2D eigenvalue weighted by Gasteiger charge is -2.16. The van der Waals surface area contributed by atoms with Gasteiger partial charge in [0.05, 0.1) is 12.6 Å². The molecule has 1 atom stereocenters. The predicted molar refractivity (Wildman–Crippen MR) is 114 cm³/mol. The molecule has 3 aromatic rings. The third-order valence-corrected chi connectivity index (χ3v) is 4.50. The maximum atomic E-state index is 12.2. The summed E-state index contributed by atoms with van der Waals surface area (Å²) in [6.45, 7) is -0.251. The number of para-hydroxylation sites is 1. The van der Waals surface area contributed by atoms with E-state index >= 15 is 0 Å². The number of carbonyl (C=O) groups excluding carboxylic acids is 3. The van der Waals surface area contributed by atoms with E-state index in [1.807, 2.05) is 60.7 Å². The second-order valence-corrected chi connectivity index (χ2v) is 6.76. The average molecular weight is 421 g/mol. The van der Waals surface area contributed by atoms with Gasteiger partial charge >= 0.3 is 12.1 Å². The number of esters is 1. The van der Waals surface area contributed by atoms with Gasteiger partial charge in [0.15, 0.2) is 0 Å². The second kappa shape index (κ2) is 10.7. The van der Waals surface area contributed by atoms with Gasteiger partial charge in [-0.15, -0.1) is 0 Å². The van der Waals surface area contributed by atoms with Crippen LogP contribution < -0.4 is 10.6 Å². The number of pyridine rings is 1. The Bertz CT molecular complexity index is 1060. The molecule has 31 heavy (non-hydrogen) atoms. The Labute approximate surface area is 179 Å². The van der Waals surface area contributed by atoms with Crippen LogP contribution in [0.5, 0.6) is 0 Å². The highest BCUT2D eigenvalue weighted by Gasteiger charge is 2.23. The third-order valence-electron chi connectivity index (χ3n) is 4.50. The van der Waals surface area contributed by atoms with Gasteiger partial charge < -0.3 is 20.1 Å². The van der Waals surface area contributed by atoms with Crippen molar-refractivity contribution in [2.45, 2.75) is 19.1 Å². The van der Waals surface area contributed by atoms with Crippen LogP contribution in [0.2, 0.25) is 0 Å². The van der Waals surface area contributed by atoms with Crippen molar-refractivity contribution in [1.82, 2.24) is 15.6 Å². The monoisotopic (exact) mass is 421 g/mol. The van der Waals surface area contributed by atoms with E-state index < -0.39 is 24.0 Å². The second-order valence-electron chi connectivity index (χ2n) is 6.76. The molecule has 2 amide bonds. The summed E-state index contributed by atoms with van der Waals surface area (Å²) in [4.78, 5) is 40.7. The van der Waals surface area contributed by atoms with Crippen LogP contribution >= 0.6 is 0 Å². The first kappa shape index (κ1) is 21.8. The molecule has 0 aliphatic rings. The van der Waals surface area contributed by atoms with E-state index in [2.05, 4.69) is 15.6 Å². The normalized spacial score (nSPS) is 11.4. The molecule has 0 bridgehead atoms. The summed E-state index contributed by atoms with van der Waals surface area (Å²) in [5.41, 5.74) is 2.25. The third kappa shape index (κ3) is 6.53. The van der Waals surface area contributed by atoms with Gasteiger partial charge in [0, 0.05) is 17.5 Å². The van der Waals surface area contributed by atoms with Gasteiger partial charge in [0.2, 0.25) is 5.91 Å². The van der Waals surface area contributed by atoms with Gasteiger partial charge in [0.25, 0.3) is 0 Å². The Kier molecular flexibility index (Phi) is 7.53. The van der Waals surface area contributed by atoms with Crippen molar-refractivity contribution in [2.24, 2.45) is 0 Å². The lowest BCUT2D eigenvalue weighted by atomic mass is 10.1. The van der Waals surface area contributed by atoms with E-state index in [0.29, 0.717) is 5.69 Å². The van der Waals surface area contributed by atoms with Crippen LogP contribution in [0.25, 0.3) is 10.9 Å². The average Bonchev–Trinajstić information content (AvgIpc) is 2.81. The molecule has 2 aromatic carbocycles. The van der Waals surface area contributed by atoms with Crippen molar-refractivity contribution in [3.63, 3.8) is 0 Å². The number of aromatic nitrogens is 1. The van der Waals surface area contributed by atoms with E-state index in [0.717, 1.165) is 16.5 Å². The molecule has 160 valence electrons. The molecule has 8 nitrogen and oxygen atoms in total. The van der Waals surface area contributed by atoms with Crippen molar-refractivity contribution in [2.75, 3.05) is 13.7 Å². The zero-order valence-corrected chi connectivity index (χ0v) is 17.0. The van der Waals surface area contributed by atoms with Gasteiger partial charge in [-0.05, 0) is 17.7 Å². The van der Waals surface area contributed by atoms with E-state index in [9.17, 15) is 14.4 Å². The number of methoxy groups -OCH3 is 1. The molecule has 3 rings (SSSR count). The van der Waals surface area contributed by atoms with E-state index in [-0.39, 0.29) is 19.6 Å². The standard InChI is InChI=1S/C23H23N3O5/c1-30-22(28)20(13-18-12-11-17-9-5-6-10-19(17)25-18)26-21(27)14-24-23(29)31-15-16-7-3-2-4-8-16/h2-12,20H,13-15H2,1H3,(H,24,29)(H,26,27)/t20-/m1/s1. The molecule has 0 spiro atoms. The maximum absolute atomic E-state index is 12.2. The van der Waals surface area contributed by atoms with Gasteiger partial charge in [-0.3, -0.25) is 9.78 Å². The molecule has 8 heteroatoms. The highest BCUT2D eigenvalue weighted by Crippen LogP contribution is 2.13. The number of alkyl carbamates (subject to hydrolysis) is 1. The number of amides is 2. The molecule has 0 saturated heterocycles. The summed E-state index contributed by atoms with van der Waals surface area (Å²) in [5.74, 6) is -1.15. The summed E-state index contributed by atoms with van der Waals surface area (Å²) in [7, 11) is 1.24. The van der Waals surface area contributed by atoms with Crippen LogP contribution in [0.3, 0.4) is 0 Å². The molecule has 0 aliphatic heterocycles. The quantitative estimate of drug-likeness (QED) is 0.541. The van der Waals surface area contributed by atoms with Crippen molar-refractivity contribution in [3.8, 4) is 0 Å². The van der Waals surface area contributed by atoms with Crippen molar-refractivity contribution < 1.29 is 23.9 Å². The Morgan fingerprint density at radius 2 is 1.71 bits per heavy atom. The van der Waals surface area contributed by atoms with Gasteiger partial charge in [-0.25, -0.2) is 9.59 Å². The van der Waals surface area contributed by atoms with E-state index in [1.165, 1.54) is 7.11 Å². The summed E-state index contributed by atoms with van der Waals surface area (Å²) in [6.07, 6.45) is -0.577. The number of rotatable bonds is 8. The minimum Gasteiger partial charge on any atom is -0.467 e. The van der Waals surface area contributed by atoms with Gasteiger partial charge in [-0.2, -0.15) is 0 Å². The summed E-state index contributed by atoms with van der Waals surface area (Å²) < 4.78 is 9.85. The molecule has 0 aliphatic carbocycles. The van der Waals surface area contributed by atoms with Gasteiger partial charge in [-0.1, -0.05) is 54.6 Å². The Hall–Kier alpha value is -3.94. The largest absolute Gasteiger partial charge is 0.467 e. The number of nitrogens with zero attached hydrogens (tertiary/aromatic N) is 1. The van der Waals surface area contributed by atoms with E-state index in [1.54, 1.807) is 6.07 Å². The predicted octanol–water partition coefficient (Wildman–Crippen LogP) is 2.36. The first-order valence-corrected chi connectivity index (χ1v) is 9.71. The first-order chi connectivity index (χ1) is 15.0.